The summed E-state index contributed by atoms with van der Waals surface area (Å²) in [5.41, 5.74) is 20.2. The normalized spacial score (nSPS) is 13.0. The van der Waals surface area contributed by atoms with Crippen molar-refractivity contribution in [1.29, 1.82) is 0 Å². The van der Waals surface area contributed by atoms with Gasteiger partial charge < -0.3 is 9.32 Å². The van der Waals surface area contributed by atoms with Crippen molar-refractivity contribution < 1.29 is 4.42 Å². The molecule has 14 rings (SSSR count). The van der Waals surface area contributed by atoms with Crippen molar-refractivity contribution >= 4 is 60.5 Å². The Kier molecular flexibility index (Phi) is 7.64. The van der Waals surface area contributed by atoms with E-state index in [0.29, 0.717) is 0 Å². The van der Waals surface area contributed by atoms with Gasteiger partial charge in [0.25, 0.3) is 0 Å². The van der Waals surface area contributed by atoms with Crippen LogP contribution in [0.15, 0.2) is 241 Å². The number of hydrogen-bond donors (Lipinski definition) is 0. The molecule has 0 atom stereocenters. The van der Waals surface area contributed by atoms with E-state index >= 15 is 0 Å². The maximum atomic E-state index is 6.91. The van der Waals surface area contributed by atoms with Crippen molar-refractivity contribution in [1.82, 2.24) is 0 Å². The highest BCUT2D eigenvalue weighted by molar-refractivity contribution is 6.23. The van der Waals surface area contributed by atoms with Gasteiger partial charge in [-0.15, -0.1) is 0 Å². The first kappa shape index (κ1) is 36.1. The lowest BCUT2D eigenvalue weighted by Gasteiger charge is -2.30. The highest BCUT2D eigenvalue weighted by atomic mass is 16.3. The van der Waals surface area contributed by atoms with Crippen LogP contribution in [0.25, 0.3) is 88.0 Å². The van der Waals surface area contributed by atoms with Crippen LogP contribution < -0.4 is 4.90 Å². The standard InChI is InChI=1S/C63H39NO/c1-2-19-43(20-3-1)64(57-32-14-18-40-17-4-5-21-44(40)57)58-33-16-34-59-61(58)52-39-51(46-22-6-7-25-49(46)62(52)65-59)42-37-35-41(36-38-42)45-27-15-31-56-60(45)50-26-10-13-30-55(50)63(56)53-28-11-8-23-47(53)48-24-9-12-29-54(48)63/h1-39H. The number of para-hydroxylation sites is 1. The van der Waals surface area contributed by atoms with Gasteiger partial charge in [0.1, 0.15) is 11.2 Å². The Morgan fingerprint density at radius 2 is 0.862 bits per heavy atom. The van der Waals surface area contributed by atoms with Crippen LogP contribution in [0.3, 0.4) is 0 Å². The van der Waals surface area contributed by atoms with Gasteiger partial charge in [-0.3, -0.25) is 0 Å². The molecular weight excluding hydrogens is 787 g/mol. The van der Waals surface area contributed by atoms with Gasteiger partial charge >= 0.3 is 0 Å². The molecule has 2 aliphatic carbocycles. The third-order valence-electron chi connectivity index (χ3n) is 14.3. The predicted octanol–water partition coefficient (Wildman–Crippen LogP) is 17.0. The molecule has 0 unspecified atom stereocenters. The Balaban J connectivity index is 0.955. The SMILES string of the molecule is c1ccc(N(c2cccc3ccccc23)c2cccc3oc4c5ccccc5c(-c5ccc(-c6cccc7c6-c6ccccc6C76c7ccccc7-c7ccccc76)cc5)cc4c23)cc1. The molecular formula is C63H39NO. The van der Waals surface area contributed by atoms with E-state index in [4.69, 9.17) is 4.42 Å². The summed E-state index contributed by atoms with van der Waals surface area (Å²) in [7, 11) is 0. The number of furan rings is 1. The molecule has 1 spiro atoms. The first-order chi connectivity index (χ1) is 32.3. The van der Waals surface area contributed by atoms with Gasteiger partial charge in [-0.25, -0.2) is 0 Å². The smallest absolute Gasteiger partial charge is 0.143 e. The first-order valence-electron chi connectivity index (χ1n) is 22.5. The van der Waals surface area contributed by atoms with Gasteiger partial charge in [0.15, 0.2) is 0 Å². The summed E-state index contributed by atoms with van der Waals surface area (Å²) in [6, 6.07) is 86.8. The van der Waals surface area contributed by atoms with Crippen molar-refractivity contribution in [2.45, 2.75) is 5.41 Å². The number of fused-ring (bicyclic) bond motifs is 16. The van der Waals surface area contributed by atoms with Crippen LogP contribution in [0.2, 0.25) is 0 Å². The Labute approximate surface area is 376 Å². The molecule has 11 aromatic carbocycles. The van der Waals surface area contributed by atoms with E-state index in [1.54, 1.807) is 0 Å². The molecule has 0 saturated carbocycles. The highest BCUT2D eigenvalue weighted by Gasteiger charge is 2.52. The highest BCUT2D eigenvalue weighted by Crippen LogP contribution is 2.64. The molecule has 2 nitrogen and oxygen atoms in total. The molecule has 12 aromatic rings. The fraction of sp³-hybridized carbons (Fsp3) is 0.0159. The van der Waals surface area contributed by atoms with E-state index in [0.717, 1.165) is 55.3 Å². The topological polar surface area (TPSA) is 16.4 Å². The molecule has 0 radical (unpaired) electrons. The van der Waals surface area contributed by atoms with Crippen LogP contribution in [-0.4, -0.2) is 0 Å². The molecule has 0 amide bonds. The van der Waals surface area contributed by atoms with Crippen LogP contribution >= 0.6 is 0 Å². The second-order valence-electron chi connectivity index (χ2n) is 17.5. The minimum absolute atomic E-state index is 0.376. The van der Waals surface area contributed by atoms with Crippen molar-refractivity contribution in [3.8, 4) is 44.5 Å². The number of benzene rings is 11. The molecule has 0 bridgehead atoms. The molecule has 0 aliphatic heterocycles. The zero-order valence-electron chi connectivity index (χ0n) is 35.4. The zero-order valence-corrected chi connectivity index (χ0v) is 35.4. The van der Waals surface area contributed by atoms with Crippen LogP contribution in [0, 0.1) is 0 Å². The second kappa shape index (κ2) is 13.8. The van der Waals surface area contributed by atoms with Crippen molar-refractivity contribution in [3.63, 3.8) is 0 Å². The molecule has 1 aromatic heterocycles. The maximum absolute atomic E-state index is 6.91. The summed E-state index contributed by atoms with van der Waals surface area (Å²) in [6.07, 6.45) is 0. The second-order valence-corrected chi connectivity index (χ2v) is 17.5. The van der Waals surface area contributed by atoms with Crippen molar-refractivity contribution in [2.75, 3.05) is 4.90 Å². The fourth-order valence-corrected chi connectivity index (χ4v) is 11.7. The minimum Gasteiger partial charge on any atom is -0.455 e. The van der Waals surface area contributed by atoms with Crippen molar-refractivity contribution in [2.24, 2.45) is 0 Å². The first-order valence-corrected chi connectivity index (χ1v) is 22.5. The summed E-state index contributed by atoms with van der Waals surface area (Å²) < 4.78 is 6.91. The number of rotatable bonds is 5. The third-order valence-corrected chi connectivity index (χ3v) is 14.3. The largest absolute Gasteiger partial charge is 0.455 e. The van der Waals surface area contributed by atoms with Crippen LogP contribution in [0.5, 0.6) is 0 Å². The Hall–Kier alpha value is -8.46. The monoisotopic (exact) mass is 825 g/mol. The van der Waals surface area contributed by atoms with Gasteiger partial charge in [0, 0.05) is 21.8 Å². The van der Waals surface area contributed by atoms with Gasteiger partial charge in [0.2, 0.25) is 0 Å². The van der Waals surface area contributed by atoms with Crippen molar-refractivity contribution in [3.05, 3.63) is 259 Å². The zero-order chi connectivity index (χ0) is 42.6. The number of hydrogen-bond acceptors (Lipinski definition) is 2. The Morgan fingerprint density at radius 3 is 1.62 bits per heavy atom. The van der Waals surface area contributed by atoms with E-state index in [-0.39, 0.29) is 5.41 Å². The average Bonchev–Trinajstić information content (AvgIpc) is 4.02. The molecule has 65 heavy (non-hydrogen) atoms. The summed E-state index contributed by atoms with van der Waals surface area (Å²) in [4.78, 5) is 2.40. The summed E-state index contributed by atoms with van der Waals surface area (Å²) >= 11 is 0. The quantitative estimate of drug-likeness (QED) is 0.172. The summed E-state index contributed by atoms with van der Waals surface area (Å²) in [5, 5.41) is 6.83. The molecule has 0 saturated heterocycles. The van der Waals surface area contributed by atoms with Crippen LogP contribution in [0.1, 0.15) is 22.3 Å². The summed E-state index contributed by atoms with van der Waals surface area (Å²) in [5.74, 6) is 0. The van der Waals surface area contributed by atoms with E-state index in [9.17, 15) is 0 Å². The lowest BCUT2D eigenvalue weighted by atomic mass is 9.70. The van der Waals surface area contributed by atoms with Crippen LogP contribution in [-0.2, 0) is 5.41 Å². The van der Waals surface area contributed by atoms with E-state index in [1.807, 2.05) is 0 Å². The molecule has 302 valence electrons. The predicted molar refractivity (Wildman–Crippen MR) is 271 cm³/mol. The molecule has 2 heteroatoms. The van der Waals surface area contributed by atoms with Gasteiger partial charge in [0.05, 0.1) is 22.2 Å². The number of anilines is 3. The third kappa shape index (κ3) is 4.99. The van der Waals surface area contributed by atoms with Crippen LogP contribution in [0.4, 0.5) is 17.1 Å². The Morgan fingerprint density at radius 1 is 0.338 bits per heavy atom. The van der Waals surface area contributed by atoms with E-state index in [1.165, 1.54) is 72.0 Å². The van der Waals surface area contributed by atoms with E-state index < -0.39 is 0 Å². The molecule has 2 aliphatic rings. The maximum Gasteiger partial charge on any atom is 0.143 e. The van der Waals surface area contributed by atoms with E-state index in [2.05, 4.69) is 241 Å². The molecule has 1 heterocycles. The number of nitrogens with zero attached hydrogens (tertiary/aromatic N) is 1. The minimum atomic E-state index is -0.376. The summed E-state index contributed by atoms with van der Waals surface area (Å²) in [6.45, 7) is 0. The lowest BCUT2D eigenvalue weighted by molar-refractivity contribution is 0.672. The van der Waals surface area contributed by atoms with Gasteiger partial charge in [-0.05, 0) is 114 Å². The molecule has 0 N–H and O–H groups in total. The van der Waals surface area contributed by atoms with Gasteiger partial charge in [-0.1, -0.05) is 200 Å². The fourth-order valence-electron chi connectivity index (χ4n) is 11.7. The van der Waals surface area contributed by atoms with Gasteiger partial charge in [-0.2, -0.15) is 0 Å². The lowest BCUT2D eigenvalue weighted by Crippen LogP contribution is -2.25. The molecule has 0 fully saturated rings. The average molecular weight is 826 g/mol. The Bertz CT molecular complexity index is 3840.